The van der Waals surface area contributed by atoms with Gasteiger partial charge in [-0.05, 0) is 80.7 Å². The molecule has 0 aromatic heterocycles. The minimum Gasteiger partial charge on any atom is -0.478 e. The number of likely N-dealkylation sites (tertiary alicyclic amines) is 1. The topological polar surface area (TPSA) is 80.7 Å². The van der Waals surface area contributed by atoms with Crippen LogP contribution < -0.4 is 14.4 Å². The van der Waals surface area contributed by atoms with Crippen LogP contribution in [0.15, 0.2) is 72.6 Å². The van der Waals surface area contributed by atoms with Crippen molar-refractivity contribution in [2.24, 2.45) is 5.92 Å². The summed E-state index contributed by atoms with van der Waals surface area (Å²) in [5.74, 6) is -0.391. The van der Waals surface area contributed by atoms with Crippen molar-refractivity contribution in [1.82, 2.24) is 4.90 Å². The quantitative estimate of drug-likeness (QED) is 0.311. The van der Waals surface area contributed by atoms with E-state index >= 15 is 4.39 Å². The van der Waals surface area contributed by atoms with E-state index in [1.165, 1.54) is 6.07 Å². The normalized spacial score (nSPS) is 25.2. The van der Waals surface area contributed by atoms with E-state index in [4.69, 9.17) is 30.5 Å². The number of para-hydroxylation sites is 1. The molecule has 8 nitrogen and oxygen atoms in total. The number of hydrogen-bond acceptors (Lipinski definition) is 7. The van der Waals surface area contributed by atoms with Gasteiger partial charge in [0.1, 0.15) is 17.3 Å². The molecule has 2 fully saturated rings. The number of carbonyl (C=O) groups is 1. The number of fused-ring (bicyclic) bond motifs is 2. The van der Waals surface area contributed by atoms with Crippen LogP contribution in [0.2, 0.25) is 5.02 Å². The maximum atomic E-state index is 15.1. The zero-order valence-electron chi connectivity index (χ0n) is 24.4. The smallest absolute Gasteiger partial charge is 0.335 e. The lowest BCUT2D eigenvalue weighted by molar-refractivity contribution is -0.243. The van der Waals surface area contributed by atoms with Gasteiger partial charge in [0.15, 0.2) is 5.75 Å². The Hall–Kier alpha value is -3.63. The lowest BCUT2D eigenvalue weighted by Gasteiger charge is -2.45. The van der Waals surface area contributed by atoms with E-state index in [-0.39, 0.29) is 23.7 Å². The molecule has 10 heteroatoms. The van der Waals surface area contributed by atoms with Crippen molar-refractivity contribution in [3.63, 3.8) is 0 Å². The molecule has 4 heterocycles. The number of rotatable bonds is 7. The summed E-state index contributed by atoms with van der Waals surface area (Å²) in [6, 6.07) is 17.4. The SMILES string of the molecule is CC1(c2ccc(Cl)cc2F)Oc2ccccc2C(C2CCN(CC3=CN(C[C@@H]4CCO4)c4cc(C(=O)O)ccc4O3)CC2)O1. The highest BCUT2D eigenvalue weighted by atomic mass is 35.5. The molecule has 0 aliphatic carbocycles. The van der Waals surface area contributed by atoms with Crippen molar-refractivity contribution in [2.45, 2.75) is 44.2 Å². The zero-order valence-corrected chi connectivity index (χ0v) is 25.1. The summed E-state index contributed by atoms with van der Waals surface area (Å²) in [7, 11) is 0. The second-order valence-corrected chi connectivity index (χ2v) is 12.4. The van der Waals surface area contributed by atoms with Crippen LogP contribution in [-0.4, -0.2) is 54.9 Å². The van der Waals surface area contributed by atoms with Crippen LogP contribution in [-0.2, 0) is 15.3 Å². The van der Waals surface area contributed by atoms with Gasteiger partial charge >= 0.3 is 5.97 Å². The fourth-order valence-corrected chi connectivity index (χ4v) is 6.71. The maximum absolute atomic E-state index is 15.1. The number of piperidine rings is 1. The average Bonchev–Trinajstić information content (AvgIpc) is 2.98. The molecule has 0 amide bonds. The van der Waals surface area contributed by atoms with Gasteiger partial charge in [-0.25, -0.2) is 9.18 Å². The van der Waals surface area contributed by atoms with Gasteiger partial charge in [0.05, 0.1) is 35.6 Å². The van der Waals surface area contributed by atoms with Gasteiger partial charge in [-0.3, -0.25) is 4.90 Å². The third kappa shape index (κ3) is 5.65. The summed E-state index contributed by atoms with van der Waals surface area (Å²) in [5.41, 5.74) is 2.24. The number of anilines is 1. The molecule has 3 aromatic rings. The molecule has 0 bridgehead atoms. The first-order valence-electron chi connectivity index (χ1n) is 15.0. The van der Waals surface area contributed by atoms with Crippen molar-refractivity contribution in [1.29, 1.82) is 0 Å². The lowest BCUT2D eigenvalue weighted by atomic mass is 9.85. The van der Waals surface area contributed by atoms with Gasteiger partial charge in [0, 0.05) is 36.9 Å². The highest BCUT2D eigenvalue weighted by Gasteiger charge is 2.44. The maximum Gasteiger partial charge on any atom is 0.335 e. The van der Waals surface area contributed by atoms with Gasteiger partial charge in [0.2, 0.25) is 5.79 Å². The third-order valence-electron chi connectivity index (χ3n) is 8.99. The van der Waals surface area contributed by atoms with E-state index < -0.39 is 17.6 Å². The van der Waals surface area contributed by atoms with Crippen LogP contribution >= 0.6 is 11.6 Å². The Bertz CT molecular complexity index is 1600. The second-order valence-electron chi connectivity index (χ2n) is 12.0. The van der Waals surface area contributed by atoms with Gasteiger partial charge in [0.25, 0.3) is 0 Å². The zero-order chi connectivity index (χ0) is 30.4. The van der Waals surface area contributed by atoms with Crippen molar-refractivity contribution >= 4 is 23.3 Å². The summed E-state index contributed by atoms with van der Waals surface area (Å²) >= 11 is 6.03. The fraction of sp³-hybridized carbons (Fsp3) is 0.382. The van der Waals surface area contributed by atoms with Crippen LogP contribution in [0.25, 0.3) is 0 Å². The molecule has 3 aromatic carbocycles. The largest absolute Gasteiger partial charge is 0.478 e. The summed E-state index contributed by atoms with van der Waals surface area (Å²) in [6.07, 6.45) is 4.56. The number of carboxylic acids is 1. The van der Waals surface area contributed by atoms with Gasteiger partial charge in [-0.1, -0.05) is 29.8 Å². The highest BCUT2D eigenvalue weighted by Crippen LogP contribution is 2.49. The minimum atomic E-state index is -1.30. The molecule has 1 N–H and O–H groups in total. The predicted octanol–water partition coefficient (Wildman–Crippen LogP) is 6.74. The summed E-state index contributed by atoms with van der Waals surface area (Å²) < 4.78 is 39.9. The molecule has 0 saturated carbocycles. The molecule has 7 rings (SSSR count). The molecular weight excluding hydrogens is 587 g/mol. The molecule has 4 aliphatic rings. The van der Waals surface area contributed by atoms with E-state index in [9.17, 15) is 9.90 Å². The number of carboxylic acid groups (broad SMARTS) is 1. The lowest BCUT2D eigenvalue weighted by Crippen LogP contribution is -2.44. The number of aromatic carboxylic acids is 1. The van der Waals surface area contributed by atoms with Crippen LogP contribution in [0.1, 0.15) is 53.8 Å². The third-order valence-corrected chi connectivity index (χ3v) is 9.23. The number of ether oxygens (including phenoxy) is 4. The predicted molar refractivity (Wildman–Crippen MR) is 163 cm³/mol. The van der Waals surface area contributed by atoms with E-state index in [0.717, 1.165) is 56.0 Å². The first kappa shape index (κ1) is 29.1. The molecule has 2 saturated heterocycles. The Balaban J connectivity index is 1.06. The van der Waals surface area contributed by atoms with Crippen LogP contribution in [0.5, 0.6) is 11.5 Å². The molecule has 2 unspecified atom stereocenters. The standard InChI is InChI=1S/C34H34ClFN2O6/c1-34(27-8-7-23(35)17-28(27)36)43-30-5-3-2-4-26(30)32(44-34)21-10-13-37(14-11-21)18-25-20-38(19-24-12-15-41-24)29-16-22(33(39)40)6-9-31(29)42-25/h2-9,16-17,20-21,24,32H,10-15,18-19H2,1H3,(H,39,40)/t24-,32?,34?/m0/s1. The molecule has 0 radical (unpaired) electrons. The summed E-state index contributed by atoms with van der Waals surface area (Å²) in [5, 5.41) is 9.83. The van der Waals surface area contributed by atoms with Gasteiger partial charge < -0.3 is 29.0 Å². The number of benzene rings is 3. The Morgan fingerprint density at radius 2 is 1.86 bits per heavy atom. The summed E-state index contributed by atoms with van der Waals surface area (Å²) in [4.78, 5) is 16.0. The van der Waals surface area contributed by atoms with Crippen LogP contribution in [0, 0.1) is 11.7 Å². The monoisotopic (exact) mass is 620 g/mol. The number of hydrogen-bond donors (Lipinski definition) is 1. The van der Waals surface area contributed by atoms with E-state index in [0.29, 0.717) is 35.2 Å². The Morgan fingerprint density at radius 3 is 2.59 bits per heavy atom. The van der Waals surface area contributed by atoms with Gasteiger partial charge in [-0.15, -0.1) is 0 Å². The molecule has 44 heavy (non-hydrogen) atoms. The van der Waals surface area contributed by atoms with Crippen LogP contribution in [0.4, 0.5) is 10.1 Å². The molecule has 230 valence electrons. The first-order chi connectivity index (χ1) is 21.3. The van der Waals surface area contributed by atoms with Crippen molar-refractivity contribution in [2.75, 3.05) is 37.7 Å². The molecule has 0 spiro atoms. The van der Waals surface area contributed by atoms with E-state index in [1.54, 1.807) is 37.3 Å². The highest BCUT2D eigenvalue weighted by molar-refractivity contribution is 6.30. The first-order valence-corrected chi connectivity index (χ1v) is 15.4. The van der Waals surface area contributed by atoms with Gasteiger partial charge in [-0.2, -0.15) is 0 Å². The number of nitrogens with zero attached hydrogens (tertiary/aromatic N) is 2. The van der Waals surface area contributed by atoms with E-state index in [2.05, 4.69) is 9.80 Å². The van der Waals surface area contributed by atoms with E-state index in [1.807, 2.05) is 30.5 Å². The number of halogens is 2. The van der Waals surface area contributed by atoms with Crippen LogP contribution in [0.3, 0.4) is 0 Å². The average molecular weight is 621 g/mol. The van der Waals surface area contributed by atoms with Crippen molar-refractivity contribution < 1.29 is 33.2 Å². The Morgan fingerprint density at radius 1 is 1.07 bits per heavy atom. The second kappa shape index (κ2) is 11.7. The molecular formula is C34H34ClFN2O6. The molecule has 3 atom stereocenters. The Labute approximate surface area is 260 Å². The van der Waals surface area contributed by atoms with Crippen molar-refractivity contribution in [3.8, 4) is 11.5 Å². The Kier molecular flexibility index (Phi) is 7.74. The van der Waals surface area contributed by atoms with Crippen molar-refractivity contribution in [3.05, 3.63) is 100 Å². The minimum absolute atomic E-state index is 0.108. The fourth-order valence-electron chi connectivity index (χ4n) is 6.55. The molecule has 4 aliphatic heterocycles. The summed E-state index contributed by atoms with van der Waals surface area (Å²) in [6.45, 7) is 5.43.